The van der Waals surface area contributed by atoms with Crippen molar-refractivity contribution in [3.05, 3.63) is 54.1 Å². The number of cyclic esters (lactones) is 1. The Morgan fingerprint density at radius 3 is 2.58 bits per heavy atom. The Balaban J connectivity index is 1.38. The quantitative estimate of drug-likeness (QED) is 0.312. The minimum absolute atomic E-state index is 0.101. The Morgan fingerprint density at radius 2 is 1.90 bits per heavy atom. The summed E-state index contributed by atoms with van der Waals surface area (Å²) in [7, 11) is -3.90. The van der Waals surface area contributed by atoms with Crippen molar-refractivity contribution in [3.8, 4) is 0 Å². The number of sulfonamides is 1. The van der Waals surface area contributed by atoms with Gasteiger partial charge in [-0.3, -0.25) is 19.1 Å². The van der Waals surface area contributed by atoms with Gasteiger partial charge in [0, 0.05) is 18.9 Å². The molecule has 1 aromatic rings. The lowest BCUT2D eigenvalue weighted by Gasteiger charge is -2.31. The van der Waals surface area contributed by atoms with Gasteiger partial charge in [0.05, 0.1) is 18.4 Å². The number of fused-ring (bicyclic) bond motifs is 3. The Morgan fingerprint density at radius 1 is 1.15 bits per heavy atom. The van der Waals surface area contributed by atoms with Crippen LogP contribution in [0.15, 0.2) is 43.0 Å². The fraction of sp³-hybridized carbons (Fsp3) is 0.545. The van der Waals surface area contributed by atoms with Gasteiger partial charge in [0.1, 0.15) is 23.7 Å². The minimum Gasteiger partial charge on any atom is -0.450 e. The van der Waals surface area contributed by atoms with Crippen LogP contribution >= 0.6 is 0 Å². The standard InChI is InChI=1S/C33H43N5O9S/c1-4-23-17-33(23,30(41)37-48(44,45)25-13-14-25)36-28(39)26-16-24-19-38(26)29(40)27(20(2)3)35-32(43)46-15-9-5-6-10-21-11-7-8-12-22(21)18-34-31(42)47-24/h4,6-8,10-12,20,23-27H,1,5,9,13-19H2,2-3H3,(H,34,42)(H,35,43)(H,36,39)(H,37,41)/b10-6+/t23-,24+,26-,27-,33-/m0/s1. The van der Waals surface area contributed by atoms with E-state index in [0.717, 1.165) is 11.1 Å². The molecule has 1 saturated heterocycles. The second-order valence-corrected chi connectivity index (χ2v) is 15.0. The third kappa shape index (κ3) is 8.00. The van der Waals surface area contributed by atoms with E-state index in [2.05, 4.69) is 27.3 Å². The molecule has 4 N–H and O–H groups in total. The Hall–Kier alpha value is -4.40. The second kappa shape index (κ2) is 14.4. The van der Waals surface area contributed by atoms with E-state index in [1.807, 2.05) is 36.4 Å². The van der Waals surface area contributed by atoms with Crippen LogP contribution in [0, 0.1) is 11.8 Å². The monoisotopic (exact) mass is 685 g/mol. The van der Waals surface area contributed by atoms with Gasteiger partial charge in [-0.1, -0.05) is 56.3 Å². The maximum Gasteiger partial charge on any atom is 0.407 e. The predicted octanol–water partition coefficient (Wildman–Crippen LogP) is 2.11. The minimum atomic E-state index is -3.90. The zero-order valence-electron chi connectivity index (χ0n) is 27.1. The molecule has 3 fully saturated rings. The van der Waals surface area contributed by atoms with Crippen molar-refractivity contribution in [1.29, 1.82) is 0 Å². The van der Waals surface area contributed by atoms with Gasteiger partial charge in [0.2, 0.25) is 21.8 Å². The Bertz CT molecular complexity index is 1590. The summed E-state index contributed by atoms with van der Waals surface area (Å²) < 4.78 is 38.2. The van der Waals surface area contributed by atoms with Crippen molar-refractivity contribution < 1.29 is 41.9 Å². The van der Waals surface area contributed by atoms with Crippen LogP contribution < -0.4 is 20.7 Å². The lowest BCUT2D eigenvalue weighted by molar-refractivity contribution is -0.141. The molecular formula is C33H43N5O9S. The lowest BCUT2D eigenvalue weighted by atomic mass is 10.0. The first kappa shape index (κ1) is 34.9. The second-order valence-electron chi connectivity index (χ2n) is 13.1. The average molecular weight is 686 g/mol. The number of nitrogens with zero attached hydrogens (tertiary/aromatic N) is 1. The first-order chi connectivity index (χ1) is 22.8. The molecule has 5 rings (SSSR count). The number of benzene rings is 1. The fourth-order valence-electron chi connectivity index (χ4n) is 6.05. The number of rotatable bonds is 7. The number of allylic oxidation sites excluding steroid dienone is 1. The highest BCUT2D eigenvalue weighted by Gasteiger charge is 2.62. The van der Waals surface area contributed by atoms with Gasteiger partial charge >= 0.3 is 12.2 Å². The molecule has 1 aromatic carbocycles. The molecule has 5 atom stereocenters. The van der Waals surface area contributed by atoms with Gasteiger partial charge in [-0.2, -0.15) is 0 Å². The van der Waals surface area contributed by atoms with Crippen molar-refractivity contribution in [1.82, 2.24) is 25.6 Å². The SMILES string of the molecule is C=C[C@H]1C[C@@]1(NC(=O)[C@@H]1C[C@@H]2CN1C(=O)[C@H](C(C)C)NC(=O)OCCC/C=C/c1ccccc1CNC(=O)O2)C(=O)NS(=O)(=O)C1CC1. The van der Waals surface area contributed by atoms with Crippen LogP contribution in [0.1, 0.15) is 63.5 Å². The van der Waals surface area contributed by atoms with Crippen LogP contribution in [0.3, 0.4) is 0 Å². The summed E-state index contributed by atoms with van der Waals surface area (Å²) in [5, 5.41) is 7.40. The average Bonchev–Trinajstić information content (AvgIpc) is 3.97. The smallest absolute Gasteiger partial charge is 0.407 e. The van der Waals surface area contributed by atoms with Crippen molar-refractivity contribution in [3.63, 3.8) is 0 Å². The molecule has 260 valence electrons. The maximum absolute atomic E-state index is 14.0. The molecule has 5 amide bonds. The normalized spacial score (nSPS) is 29.0. The van der Waals surface area contributed by atoms with E-state index < -0.39 is 80.7 Å². The summed E-state index contributed by atoms with van der Waals surface area (Å²) >= 11 is 0. The van der Waals surface area contributed by atoms with Crippen LogP contribution in [0.5, 0.6) is 0 Å². The number of amides is 5. The summed E-state index contributed by atoms with van der Waals surface area (Å²) in [6, 6.07) is 5.22. The Kier molecular flexibility index (Phi) is 10.5. The van der Waals surface area contributed by atoms with Gasteiger partial charge in [0.15, 0.2) is 0 Å². The van der Waals surface area contributed by atoms with Gasteiger partial charge < -0.3 is 30.3 Å². The molecule has 2 bridgehead atoms. The van der Waals surface area contributed by atoms with Crippen LogP contribution in [-0.4, -0.2) is 85.4 Å². The van der Waals surface area contributed by atoms with E-state index in [9.17, 15) is 32.4 Å². The highest BCUT2D eigenvalue weighted by atomic mass is 32.2. The molecule has 0 aromatic heterocycles. The number of hydrogen-bond acceptors (Lipinski definition) is 9. The maximum atomic E-state index is 14.0. The molecule has 2 aliphatic carbocycles. The summed E-state index contributed by atoms with van der Waals surface area (Å²) in [6.45, 7) is 7.29. The van der Waals surface area contributed by atoms with E-state index in [1.165, 1.54) is 11.0 Å². The molecule has 14 nitrogen and oxygen atoms in total. The van der Waals surface area contributed by atoms with Gasteiger partial charge in [-0.25, -0.2) is 18.0 Å². The highest BCUT2D eigenvalue weighted by molar-refractivity contribution is 7.91. The molecule has 4 aliphatic rings. The first-order valence-corrected chi connectivity index (χ1v) is 17.8. The number of carbonyl (C=O) groups excluding carboxylic acids is 5. The zero-order chi connectivity index (χ0) is 34.6. The largest absolute Gasteiger partial charge is 0.450 e. The van der Waals surface area contributed by atoms with E-state index >= 15 is 0 Å². The molecular weight excluding hydrogens is 642 g/mol. The Labute approximate surface area is 280 Å². The number of carbonyl (C=O) groups is 5. The third-order valence-electron chi connectivity index (χ3n) is 9.10. The summed E-state index contributed by atoms with van der Waals surface area (Å²) in [5.74, 6) is -3.15. The van der Waals surface area contributed by atoms with E-state index in [-0.39, 0.29) is 32.5 Å². The van der Waals surface area contributed by atoms with Gasteiger partial charge in [-0.15, -0.1) is 6.58 Å². The van der Waals surface area contributed by atoms with E-state index in [4.69, 9.17) is 9.47 Å². The fourth-order valence-corrected chi connectivity index (χ4v) is 7.41. The van der Waals surface area contributed by atoms with Crippen molar-refractivity contribution in [2.75, 3.05) is 13.2 Å². The number of hydrogen-bond donors (Lipinski definition) is 4. The van der Waals surface area contributed by atoms with Gasteiger partial charge in [-0.05, 0) is 49.1 Å². The number of alkyl carbamates (subject to hydrolysis) is 2. The molecule has 0 unspecified atom stereocenters. The van der Waals surface area contributed by atoms with Crippen LogP contribution in [0.25, 0.3) is 6.08 Å². The molecule has 0 spiro atoms. The number of nitrogens with one attached hydrogen (secondary N) is 4. The molecule has 2 heterocycles. The van der Waals surface area contributed by atoms with Crippen molar-refractivity contribution in [2.24, 2.45) is 11.8 Å². The van der Waals surface area contributed by atoms with Crippen LogP contribution in [-0.2, 0) is 40.4 Å². The molecule has 2 saturated carbocycles. The van der Waals surface area contributed by atoms with Crippen LogP contribution in [0.4, 0.5) is 9.59 Å². The summed E-state index contributed by atoms with van der Waals surface area (Å²) in [6.07, 6.45) is 4.97. The molecule has 48 heavy (non-hydrogen) atoms. The van der Waals surface area contributed by atoms with Gasteiger partial charge in [0.25, 0.3) is 5.91 Å². The predicted molar refractivity (Wildman–Crippen MR) is 174 cm³/mol. The summed E-state index contributed by atoms with van der Waals surface area (Å²) in [5.41, 5.74) is 0.162. The first-order valence-electron chi connectivity index (χ1n) is 16.3. The molecule has 0 radical (unpaired) electrons. The van der Waals surface area contributed by atoms with E-state index in [0.29, 0.717) is 25.7 Å². The highest BCUT2D eigenvalue weighted by Crippen LogP contribution is 2.45. The topological polar surface area (TPSA) is 189 Å². The molecule has 15 heteroatoms. The third-order valence-corrected chi connectivity index (χ3v) is 10.9. The zero-order valence-corrected chi connectivity index (χ0v) is 27.9. The lowest BCUT2D eigenvalue weighted by Crippen LogP contribution is -2.59. The number of ether oxygens (including phenoxy) is 2. The summed E-state index contributed by atoms with van der Waals surface area (Å²) in [4.78, 5) is 68.1. The van der Waals surface area contributed by atoms with Crippen LogP contribution in [0.2, 0.25) is 0 Å². The van der Waals surface area contributed by atoms with Crippen molar-refractivity contribution in [2.45, 2.75) is 87.9 Å². The van der Waals surface area contributed by atoms with Crippen molar-refractivity contribution >= 4 is 46.0 Å². The molecule has 2 aliphatic heterocycles. The van der Waals surface area contributed by atoms with E-state index in [1.54, 1.807) is 13.8 Å².